The summed E-state index contributed by atoms with van der Waals surface area (Å²) in [5.74, 6) is -0.372. The summed E-state index contributed by atoms with van der Waals surface area (Å²) in [4.78, 5) is 28.5. The van der Waals surface area contributed by atoms with Gasteiger partial charge in [0, 0.05) is 9.50 Å². The van der Waals surface area contributed by atoms with Gasteiger partial charge in [0.2, 0.25) is 0 Å². The Labute approximate surface area is 172 Å². The summed E-state index contributed by atoms with van der Waals surface area (Å²) >= 11 is 10.5. The molecule has 0 atom stereocenters. The van der Waals surface area contributed by atoms with Crippen LogP contribution < -0.4 is 9.54 Å². The number of rotatable bonds is 5. The van der Waals surface area contributed by atoms with Crippen molar-refractivity contribution in [1.29, 1.82) is 0 Å². The highest BCUT2D eigenvalue weighted by molar-refractivity contribution is 9.10. The van der Waals surface area contributed by atoms with Crippen molar-refractivity contribution >= 4 is 61.0 Å². The molecule has 0 saturated carbocycles. The van der Waals surface area contributed by atoms with Gasteiger partial charge in [-0.05, 0) is 42.5 Å². The number of ether oxygens (including phenoxy) is 2. The Morgan fingerprint density at radius 2 is 1.96 bits per heavy atom. The van der Waals surface area contributed by atoms with E-state index in [0.717, 1.165) is 14.7 Å². The zero-order valence-electron chi connectivity index (χ0n) is 14.1. The number of carbonyl (C=O) groups excluding carboxylic acids is 2. The van der Waals surface area contributed by atoms with E-state index in [1.807, 2.05) is 18.2 Å². The number of hydrogen-bond acceptors (Lipinski definition) is 5. The standard InChI is InChI=1S/C18H14BrClN2O4S/c1-25-17(24)9-22-14-7-2-11(19)8-15(14)27-18(22)21-16(23)10-26-13-5-3-12(20)4-6-13/h2-8H,9-10H2,1H3. The molecule has 0 radical (unpaired) electrons. The van der Waals surface area contributed by atoms with Gasteiger partial charge < -0.3 is 14.0 Å². The summed E-state index contributed by atoms with van der Waals surface area (Å²) in [6.07, 6.45) is 0. The van der Waals surface area contributed by atoms with E-state index in [1.165, 1.54) is 18.4 Å². The van der Waals surface area contributed by atoms with E-state index < -0.39 is 11.9 Å². The lowest BCUT2D eigenvalue weighted by Gasteiger charge is -2.04. The molecule has 0 fully saturated rings. The number of halogens is 2. The van der Waals surface area contributed by atoms with Crippen molar-refractivity contribution in [3.8, 4) is 5.75 Å². The number of esters is 1. The fraction of sp³-hybridized carbons (Fsp3) is 0.167. The number of benzene rings is 2. The molecule has 0 N–H and O–H groups in total. The maximum atomic E-state index is 12.3. The summed E-state index contributed by atoms with van der Waals surface area (Å²) in [7, 11) is 1.32. The third-order valence-electron chi connectivity index (χ3n) is 3.56. The van der Waals surface area contributed by atoms with Gasteiger partial charge in [-0.2, -0.15) is 4.99 Å². The average molecular weight is 470 g/mol. The van der Waals surface area contributed by atoms with Gasteiger partial charge in [-0.15, -0.1) is 0 Å². The van der Waals surface area contributed by atoms with E-state index in [2.05, 4.69) is 20.9 Å². The summed E-state index contributed by atoms with van der Waals surface area (Å²) in [6.45, 7) is -0.264. The van der Waals surface area contributed by atoms with Gasteiger partial charge in [0.25, 0.3) is 5.91 Å². The first-order valence-electron chi connectivity index (χ1n) is 7.78. The Balaban J connectivity index is 1.88. The van der Waals surface area contributed by atoms with E-state index >= 15 is 0 Å². The second-order valence-electron chi connectivity index (χ2n) is 5.41. The molecule has 9 heteroatoms. The second kappa shape index (κ2) is 8.69. The zero-order valence-corrected chi connectivity index (χ0v) is 17.3. The Kier molecular flexibility index (Phi) is 6.30. The minimum Gasteiger partial charge on any atom is -0.484 e. The van der Waals surface area contributed by atoms with Crippen LogP contribution in [0.3, 0.4) is 0 Å². The largest absolute Gasteiger partial charge is 0.484 e. The second-order valence-corrected chi connectivity index (χ2v) is 7.77. The lowest BCUT2D eigenvalue weighted by atomic mass is 10.3. The first-order chi connectivity index (χ1) is 13.0. The van der Waals surface area contributed by atoms with Crippen molar-refractivity contribution in [3.05, 3.63) is 56.8 Å². The van der Waals surface area contributed by atoms with Crippen LogP contribution in [0, 0.1) is 0 Å². The number of nitrogens with zero attached hydrogens (tertiary/aromatic N) is 2. The van der Waals surface area contributed by atoms with Crippen LogP contribution in [0.25, 0.3) is 10.2 Å². The third-order valence-corrected chi connectivity index (χ3v) is 5.34. The molecule has 1 heterocycles. The minimum atomic E-state index is -0.464. The Morgan fingerprint density at radius 3 is 2.67 bits per heavy atom. The number of carbonyl (C=O) groups is 2. The van der Waals surface area contributed by atoms with Gasteiger partial charge in [0.05, 0.1) is 17.3 Å². The fourth-order valence-electron chi connectivity index (χ4n) is 2.29. The van der Waals surface area contributed by atoms with Crippen molar-refractivity contribution in [2.75, 3.05) is 13.7 Å². The van der Waals surface area contributed by atoms with E-state index in [4.69, 9.17) is 21.1 Å². The van der Waals surface area contributed by atoms with Crippen LogP contribution in [0.15, 0.2) is 51.9 Å². The summed E-state index contributed by atoms with van der Waals surface area (Å²) in [5, 5.41) is 0.582. The highest BCUT2D eigenvalue weighted by Gasteiger charge is 2.12. The maximum Gasteiger partial charge on any atom is 0.325 e. The molecule has 1 amide bonds. The van der Waals surface area contributed by atoms with Crippen LogP contribution in [-0.2, 0) is 20.9 Å². The van der Waals surface area contributed by atoms with Gasteiger partial charge in [-0.1, -0.05) is 38.9 Å². The van der Waals surface area contributed by atoms with Gasteiger partial charge in [0.1, 0.15) is 12.3 Å². The molecule has 0 bridgehead atoms. The number of methoxy groups -OCH3 is 1. The predicted molar refractivity (Wildman–Crippen MR) is 107 cm³/mol. The molecule has 27 heavy (non-hydrogen) atoms. The molecule has 0 aliphatic rings. The normalized spacial score (nSPS) is 11.6. The maximum absolute atomic E-state index is 12.3. The van der Waals surface area contributed by atoms with E-state index in [-0.39, 0.29) is 13.2 Å². The van der Waals surface area contributed by atoms with Gasteiger partial charge in [0.15, 0.2) is 11.4 Å². The first kappa shape index (κ1) is 19.6. The van der Waals surface area contributed by atoms with Crippen molar-refractivity contribution in [2.24, 2.45) is 4.99 Å². The lowest BCUT2D eigenvalue weighted by molar-refractivity contribution is -0.141. The smallest absolute Gasteiger partial charge is 0.325 e. The number of thiazole rings is 1. The molecule has 1 aromatic heterocycles. The molecule has 0 aliphatic carbocycles. The van der Waals surface area contributed by atoms with Crippen LogP contribution in [0.2, 0.25) is 5.02 Å². The molecule has 3 rings (SSSR count). The van der Waals surface area contributed by atoms with Crippen molar-refractivity contribution in [1.82, 2.24) is 4.57 Å². The van der Waals surface area contributed by atoms with Gasteiger partial charge >= 0.3 is 5.97 Å². The number of fused-ring (bicyclic) bond motifs is 1. The van der Waals surface area contributed by atoms with Crippen LogP contribution in [0.5, 0.6) is 5.75 Å². The molecule has 6 nitrogen and oxygen atoms in total. The van der Waals surface area contributed by atoms with Gasteiger partial charge in [-0.25, -0.2) is 0 Å². The van der Waals surface area contributed by atoms with Crippen molar-refractivity contribution < 1.29 is 19.1 Å². The number of hydrogen-bond donors (Lipinski definition) is 0. The van der Waals surface area contributed by atoms with E-state index in [1.54, 1.807) is 28.8 Å². The fourth-order valence-corrected chi connectivity index (χ4v) is 4.02. The summed E-state index contributed by atoms with van der Waals surface area (Å²) < 4.78 is 13.6. The van der Waals surface area contributed by atoms with Crippen LogP contribution in [0.4, 0.5) is 0 Å². The molecule has 0 saturated heterocycles. The Bertz CT molecular complexity index is 1060. The summed E-state index contributed by atoms with van der Waals surface area (Å²) in [5.41, 5.74) is 0.791. The Hall–Kier alpha value is -2.16. The summed E-state index contributed by atoms with van der Waals surface area (Å²) in [6, 6.07) is 12.3. The third kappa shape index (κ3) is 4.97. The highest BCUT2D eigenvalue weighted by atomic mass is 79.9. The number of amides is 1. The van der Waals surface area contributed by atoms with Crippen LogP contribution >= 0.6 is 38.9 Å². The lowest BCUT2D eigenvalue weighted by Crippen LogP contribution is -2.23. The van der Waals surface area contributed by atoms with E-state index in [0.29, 0.717) is 15.6 Å². The average Bonchev–Trinajstić information content (AvgIpc) is 2.97. The highest BCUT2D eigenvalue weighted by Crippen LogP contribution is 2.22. The van der Waals surface area contributed by atoms with E-state index in [9.17, 15) is 9.59 Å². The quantitative estimate of drug-likeness (QED) is 0.533. The molecule has 3 aromatic rings. The molecule has 0 spiro atoms. The molecular formula is C18H14BrClN2O4S. The van der Waals surface area contributed by atoms with Crippen LogP contribution in [-0.4, -0.2) is 30.2 Å². The van der Waals surface area contributed by atoms with Crippen LogP contribution in [0.1, 0.15) is 0 Å². The topological polar surface area (TPSA) is 69.9 Å². The monoisotopic (exact) mass is 468 g/mol. The minimum absolute atomic E-state index is 0.0394. The first-order valence-corrected chi connectivity index (χ1v) is 9.76. The number of aromatic nitrogens is 1. The van der Waals surface area contributed by atoms with Gasteiger partial charge in [-0.3, -0.25) is 9.59 Å². The predicted octanol–water partition coefficient (Wildman–Crippen LogP) is 3.80. The molecular weight excluding hydrogens is 456 g/mol. The molecule has 2 aromatic carbocycles. The SMILES string of the molecule is COC(=O)Cn1c(=NC(=O)COc2ccc(Cl)cc2)sc2cc(Br)ccc21. The zero-order chi connectivity index (χ0) is 19.4. The molecule has 140 valence electrons. The Morgan fingerprint density at radius 1 is 1.22 bits per heavy atom. The molecule has 0 aliphatic heterocycles. The van der Waals surface area contributed by atoms with Crippen molar-refractivity contribution in [2.45, 2.75) is 6.54 Å². The van der Waals surface area contributed by atoms with Crippen molar-refractivity contribution in [3.63, 3.8) is 0 Å². The molecule has 0 unspecified atom stereocenters.